The smallest absolute Gasteiger partial charge is 0.332 e. The van der Waals surface area contributed by atoms with Gasteiger partial charge >= 0.3 is 5.69 Å². The number of aryl methyl sites for hydroxylation is 1. The highest BCUT2D eigenvalue weighted by Gasteiger charge is 2.21. The van der Waals surface area contributed by atoms with Crippen LogP contribution in [0, 0.1) is 6.92 Å². The van der Waals surface area contributed by atoms with Gasteiger partial charge in [-0.25, -0.2) is 4.79 Å². The highest BCUT2D eigenvalue weighted by atomic mass is 35.5. The first kappa shape index (κ1) is 24.5. The van der Waals surface area contributed by atoms with E-state index in [1.807, 2.05) is 0 Å². The minimum Gasteiger partial charge on any atom is -0.495 e. The number of nitrogens with zero attached hydrogens (tertiary/aromatic N) is 2. The fraction of sp³-hybridized carbons (Fsp3) is 0.360. The van der Waals surface area contributed by atoms with Crippen molar-refractivity contribution in [1.29, 1.82) is 0 Å². The van der Waals surface area contributed by atoms with Crippen LogP contribution >= 0.6 is 11.6 Å². The number of carbonyl (C=O) groups excluding carboxylic acids is 2. The number of carbonyl (C=O) groups is 2. The van der Waals surface area contributed by atoms with Crippen molar-refractivity contribution in [1.82, 2.24) is 14.5 Å². The van der Waals surface area contributed by atoms with E-state index in [0.717, 1.165) is 35.8 Å². The fourth-order valence-corrected chi connectivity index (χ4v) is 4.57. The van der Waals surface area contributed by atoms with Gasteiger partial charge in [-0.1, -0.05) is 36.6 Å². The molecule has 1 saturated carbocycles. The molecule has 1 fully saturated rings. The lowest BCUT2D eigenvalue weighted by Gasteiger charge is -2.16. The molecule has 3 aromatic rings. The van der Waals surface area contributed by atoms with Crippen LogP contribution in [-0.2, 0) is 22.7 Å². The topological polar surface area (TPSA) is 111 Å². The van der Waals surface area contributed by atoms with Crippen molar-refractivity contribution in [2.24, 2.45) is 0 Å². The van der Waals surface area contributed by atoms with Gasteiger partial charge in [0.25, 0.3) is 5.56 Å². The molecule has 0 spiro atoms. The molecule has 4 rings (SSSR count). The van der Waals surface area contributed by atoms with Gasteiger partial charge in [-0.15, -0.1) is 0 Å². The summed E-state index contributed by atoms with van der Waals surface area (Å²) in [7, 11) is 1.46. The Morgan fingerprint density at radius 1 is 1.06 bits per heavy atom. The molecular weight excluding hydrogens is 472 g/mol. The summed E-state index contributed by atoms with van der Waals surface area (Å²) in [4.78, 5) is 51.9. The van der Waals surface area contributed by atoms with Gasteiger partial charge in [-0.2, -0.15) is 0 Å². The van der Waals surface area contributed by atoms with E-state index >= 15 is 0 Å². The van der Waals surface area contributed by atoms with Crippen molar-refractivity contribution in [3.63, 3.8) is 0 Å². The Kier molecular flexibility index (Phi) is 7.25. The molecule has 184 valence electrons. The van der Waals surface area contributed by atoms with Gasteiger partial charge in [0, 0.05) is 17.1 Å². The SMILES string of the molecule is COc1cc(Cl)c(C)cc1NC(=O)Cn1c(=O)n(CC(=O)NC2CCCC2)c(=O)c2ccccc21. The van der Waals surface area contributed by atoms with E-state index in [4.69, 9.17) is 16.3 Å². The number of amides is 2. The van der Waals surface area contributed by atoms with Gasteiger partial charge in [-0.3, -0.25) is 23.5 Å². The lowest BCUT2D eigenvalue weighted by atomic mass is 10.2. The number of anilines is 1. The molecule has 2 amide bonds. The maximum absolute atomic E-state index is 13.3. The van der Waals surface area contributed by atoms with Crippen LogP contribution in [0.15, 0.2) is 46.0 Å². The van der Waals surface area contributed by atoms with Gasteiger partial charge in [-0.05, 0) is 43.5 Å². The summed E-state index contributed by atoms with van der Waals surface area (Å²) in [6, 6.07) is 9.85. The van der Waals surface area contributed by atoms with Gasteiger partial charge in [0.15, 0.2) is 0 Å². The van der Waals surface area contributed by atoms with Crippen LogP contribution in [-0.4, -0.2) is 34.1 Å². The van der Waals surface area contributed by atoms with Crippen LogP contribution < -0.4 is 26.6 Å². The Hall–Kier alpha value is -3.59. The molecule has 0 atom stereocenters. The van der Waals surface area contributed by atoms with E-state index in [1.54, 1.807) is 43.3 Å². The summed E-state index contributed by atoms with van der Waals surface area (Å²) in [5.41, 5.74) is 0.154. The third-order valence-electron chi connectivity index (χ3n) is 6.21. The number of aromatic nitrogens is 2. The first-order chi connectivity index (χ1) is 16.8. The van der Waals surface area contributed by atoms with Crippen LogP contribution in [0.2, 0.25) is 5.02 Å². The zero-order chi connectivity index (χ0) is 25.1. The Morgan fingerprint density at radius 2 is 1.74 bits per heavy atom. The van der Waals surface area contributed by atoms with Crippen molar-refractivity contribution in [3.05, 3.63) is 67.8 Å². The molecule has 1 heterocycles. The van der Waals surface area contributed by atoms with Crippen molar-refractivity contribution >= 4 is 40.0 Å². The zero-order valence-corrected chi connectivity index (χ0v) is 20.4. The predicted octanol–water partition coefficient (Wildman–Crippen LogP) is 2.83. The lowest BCUT2D eigenvalue weighted by molar-refractivity contribution is -0.122. The molecule has 0 aliphatic heterocycles. The Labute approximate surface area is 206 Å². The number of hydrogen-bond acceptors (Lipinski definition) is 5. The minimum atomic E-state index is -0.732. The zero-order valence-electron chi connectivity index (χ0n) is 19.6. The maximum atomic E-state index is 13.3. The fourth-order valence-electron chi connectivity index (χ4n) is 4.41. The predicted molar refractivity (Wildman–Crippen MR) is 134 cm³/mol. The Morgan fingerprint density at radius 3 is 2.46 bits per heavy atom. The average Bonchev–Trinajstić information content (AvgIpc) is 3.34. The van der Waals surface area contributed by atoms with E-state index < -0.39 is 29.6 Å². The van der Waals surface area contributed by atoms with Crippen LogP contribution in [0.3, 0.4) is 0 Å². The number of methoxy groups -OCH3 is 1. The normalized spacial score (nSPS) is 13.7. The number of rotatable bonds is 7. The summed E-state index contributed by atoms with van der Waals surface area (Å²) in [6.07, 6.45) is 3.86. The van der Waals surface area contributed by atoms with E-state index in [2.05, 4.69) is 10.6 Å². The second kappa shape index (κ2) is 10.4. The highest BCUT2D eigenvalue weighted by Crippen LogP contribution is 2.31. The monoisotopic (exact) mass is 498 g/mol. The van der Waals surface area contributed by atoms with E-state index in [0.29, 0.717) is 22.0 Å². The first-order valence-electron chi connectivity index (χ1n) is 11.4. The van der Waals surface area contributed by atoms with Gasteiger partial charge in [0.2, 0.25) is 11.8 Å². The second-order valence-corrected chi connectivity index (χ2v) is 9.08. The van der Waals surface area contributed by atoms with Crippen LogP contribution in [0.25, 0.3) is 10.9 Å². The molecule has 9 nitrogen and oxygen atoms in total. The van der Waals surface area contributed by atoms with Gasteiger partial charge < -0.3 is 15.4 Å². The Balaban J connectivity index is 1.66. The van der Waals surface area contributed by atoms with E-state index in [9.17, 15) is 19.2 Å². The van der Waals surface area contributed by atoms with Crippen LogP contribution in [0.5, 0.6) is 5.75 Å². The molecule has 2 aromatic carbocycles. The summed E-state index contributed by atoms with van der Waals surface area (Å²) in [5, 5.41) is 6.37. The largest absolute Gasteiger partial charge is 0.495 e. The van der Waals surface area contributed by atoms with Crippen molar-refractivity contribution < 1.29 is 14.3 Å². The number of benzene rings is 2. The molecule has 0 radical (unpaired) electrons. The molecule has 1 aliphatic rings. The number of ether oxygens (including phenoxy) is 1. The maximum Gasteiger partial charge on any atom is 0.332 e. The van der Waals surface area contributed by atoms with Crippen molar-refractivity contribution in [3.8, 4) is 5.75 Å². The molecule has 2 N–H and O–H groups in total. The number of para-hydroxylation sites is 1. The van der Waals surface area contributed by atoms with Crippen molar-refractivity contribution in [2.45, 2.75) is 51.7 Å². The third-order valence-corrected chi connectivity index (χ3v) is 6.62. The Bertz CT molecular complexity index is 1410. The summed E-state index contributed by atoms with van der Waals surface area (Å²) < 4.78 is 7.38. The molecule has 1 aliphatic carbocycles. The summed E-state index contributed by atoms with van der Waals surface area (Å²) in [5.74, 6) is -0.527. The number of halogens is 1. The average molecular weight is 499 g/mol. The molecule has 0 bridgehead atoms. The third kappa shape index (κ3) is 5.24. The number of fused-ring (bicyclic) bond motifs is 1. The van der Waals surface area contributed by atoms with E-state index in [1.165, 1.54) is 11.7 Å². The molecule has 0 saturated heterocycles. The standard InChI is InChI=1S/C25H27ClN4O5/c1-15-11-19(21(35-2)12-18(15)26)28-23(32)13-29-20-10-6-5-9-17(20)24(33)30(25(29)34)14-22(31)27-16-7-3-4-8-16/h5-6,9-12,16H,3-4,7-8,13-14H2,1-2H3,(H,27,31)(H,28,32). The number of hydrogen-bond donors (Lipinski definition) is 2. The number of nitrogens with one attached hydrogen (secondary N) is 2. The minimum absolute atomic E-state index is 0.0597. The first-order valence-corrected chi connectivity index (χ1v) is 11.8. The summed E-state index contributed by atoms with van der Waals surface area (Å²) >= 11 is 6.14. The molecule has 10 heteroatoms. The molecule has 1 aromatic heterocycles. The van der Waals surface area contributed by atoms with E-state index in [-0.39, 0.29) is 18.0 Å². The molecular formula is C25H27ClN4O5. The van der Waals surface area contributed by atoms with Gasteiger partial charge in [0.05, 0.1) is 23.7 Å². The van der Waals surface area contributed by atoms with Crippen LogP contribution in [0.1, 0.15) is 31.2 Å². The quantitative estimate of drug-likeness (QED) is 0.520. The summed E-state index contributed by atoms with van der Waals surface area (Å²) in [6.45, 7) is 1.02. The van der Waals surface area contributed by atoms with Crippen molar-refractivity contribution in [2.75, 3.05) is 12.4 Å². The lowest BCUT2D eigenvalue weighted by Crippen LogP contribution is -2.46. The van der Waals surface area contributed by atoms with Crippen LogP contribution in [0.4, 0.5) is 5.69 Å². The van der Waals surface area contributed by atoms with Gasteiger partial charge in [0.1, 0.15) is 18.8 Å². The second-order valence-electron chi connectivity index (χ2n) is 8.68. The molecule has 35 heavy (non-hydrogen) atoms. The molecule has 0 unspecified atom stereocenters. The highest BCUT2D eigenvalue weighted by molar-refractivity contribution is 6.31.